The van der Waals surface area contributed by atoms with Gasteiger partial charge < -0.3 is 18.9 Å². The quantitative estimate of drug-likeness (QED) is 0.385. The fourth-order valence-electron chi connectivity index (χ4n) is 3.20. The Morgan fingerprint density at radius 2 is 1.73 bits per heavy atom. The van der Waals surface area contributed by atoms with Crippen molar-refractivity contribution in [2.24, 2.45) is 0 Å². The van der Waals surface area contributed by atoms with Crippen LogP contribution in [0, 0.1) is 0 Å². The van der Waals surface area contributed by atoms with Crippen molar-refractivity contribution >= 4 is 45.4 Å². The van der Waals surface area contributed by atoms with E-state index in [0.29, 0.717) is 44.6 Å². The van der Waals surface area contributed by atoms with Gasteiger partial charge >= 0.3 is 0 Å². The van der Waals surface area contributed by atoms with E-state index in [0.717, 1.165) is 11.3 Å². The molecule has 0 amide bonds. The minimum Gasteiger partial charge on any atom is -0.497 e. The van der Waals surface area contributed by atoms with Crippen LogP contribution in [-0.4, -0.2) is 12.1 Å². The molecular weight excluding hydrogens is 404 g/mol. The van der Waals surface area contributed by atoms with Gasteiger partial charge in [-0.2, -0.15) is 4.98 Å². The van der Waals surface area contributed by atoms with Crippen molar-refractivity contribution in [2.75, 3.05) is 12.4 Å². The zero-order valence-corrected chi connectivity index (χ0v) is 16.6. The van der Waals surface area contributed by atoms with Crippen molar-refractivity contribution in [3.63, 3.8) is 0 Å². The molecule has 0 atom stereocenters. The van der Waals surface area contributed by atoms with E-state index in [4.69, 9.17) is 25.2 Å². The second kappa shape index (κ2) is 7.24. The fourth-order valence-corrected chi connectivity index (χ4v) is 3.37. The van der Waals surface area contributed by atoms with Gasteiger partial charge in [0.15, 0.2) is 11.0 Å². The number of ether oxygens (including phenoxy) is 1. The normalized spacial score (nSPS) is 11.1. The van der Waals surface area contributed by atoms with Crippen molar-refractivity contribution in [3.05, 3.63) is 82.0 Å². The van der Waals surface area contributed by atoms with Crippen LogP contribution in [0.15, 0.2) is 80.4 Å². The molecular formula is C23H15ClN2O4. The summed E-state index contributed by atoms with van der Waals surface area (Å²) in [4.78, 5) is 16.9. The third kappa shape index (κ3) is 3.38. The molecule has 7 heteroatoms. The number of rotatable bonds is 4. The highest BCUT2D eigenvalue weighted by atomic mass is 35.5. The molecule has 2 aromatic heterocycles. The van der Waals surface area contributed by atoms with Crippen LogP contribution in [0.3, 0.4) is 0 Å². The molecule has 6 nitrogen and oxygen atoms in total. The number of methoxy groups -OCH3 is 1. The maximum Gasteiger partial charge on any atom is 0.300 e. The van der Waals surface area contributed by atoms with E-state index in [1.165, 1.54) is 6.07 Å². The SMILES string of the molecule is COc1ccc2oc(-c3ccc(Nc4nc5cc(Cl)ccc5o4)cc3)cc(=O)c2c1. The highest BCUT2D eigenvalue weighted by molar-refractivity contribution is 6.31. The van der Waals surface area contributed by atoms with Crippen LogP contribution in [0.4, 0.5) is 11.7 Å². The molecule has 5 aromatic rings. The van der Waals surface area contributed by atoms with E-state index in [1.54, 1.807) is 43.5 Å². The molecule has 0 saturated carbocycles. The average Bonchev–Trinajstić information content (AvgIpc) is 3.15. The van der Waals surface area contributed by atoms with Gasteiger partial charge in [0.25, 0.3) is 6.01 Å². The third-order valence-corrected chi connectivity index (χ3v) is 4.94. The van der Waals surface area contributed by atoms with E-state index in [-0.39, 0.29) is 5.43 Å². The highest BCUT2D eigenvalue weighted by Gasteiger charge is 2.10. The van der Waals surface area contributed by atoms with Crippen molar-refractivity contribution in [3.8, 4) is 17.1 Å². The predicted molar refractivity (Wildman–Crippen MR) is 117 cm³/mol. The second-order valence-corrected chi connectivity index (χ2v) is 7.11. The number of nitrogens with zero attached hydrogens (tertiary/aromatic N) is 1. The van der Waals surface area contributed by atoms with E-state index in [1.807, 2.05) is 24.3 Å². The van der Waals surface area contributed by atoms with E-state index < -0.39 is 0 Å². The van der Waals surface area contributed by atoms with Gasteiger partial charge in [0, 0.05) is 22.3 Å². The number of benzene rings is 3. The van der Waals surface area contributed by atoms with E-state index >= 15 is 0 Å². The molecule has 1 N–H and O–H groups in total. The maximum absolute atomic E-state index is 12.5. The fraction of sp³-hybridized carbons (Fsp3) is 0.0435. The summed E-state index contributed by atoms with van der Waals surface area (Å²) in [5.41, 5.74) is 3.26. The smallest absolute Gasteiger partial charge is 0.300 e. The molecule has 5 rings (SSSR count). The summed E-state index contributed by atoms with van der Waals surface area (Å²) in [7, 11) is 1.56. The van der Waals surface area contributed by atoms with Gasteiger partial charge in [-0.05, 0) is 60.7 Å². The molecule has 0 unspecified atom stereocenters. The number of hydrogen-bond donors (Lipinski definition) is 1. The van der Waals surface area contributed by atoms with Gasteiger partial charge in [0.05, 0.1) is 12.5 Å². The molecule has 0 fully saturated rings. The Bertz CT molecular complexity index is 1440. The van der Waals surface area contributed by atoms with Gasteiger partial charge in [-0.25, -0.2) is 0 Å². The molecule has 2 heterocycles. The highest BCUT2D eigenvalue weighted by Crippen LogP contribution is 2.28. The van der Waals surface area contributed by atoms with Gasteiger partial charge in [0.1, 0.15) is 22.6 Å². The molecule has 0 saturated heterocycles. The van der Waals surface area contributed by atoms with Crippen LogP contribution in [0.1, 0.15) is 0 Å². The first-order valence-corrected chi connectivity index (χ1v) is 9.52. The first kappa shape index (κ1) is 18.3. The van der Waals surface area contributed by atoms with Gasteiger partial charge in [-0.1, -0.05) is 11.6 Å². The summed E-state index contributed by atoms with van der Waals surface area (Å²) in [6.07, 6.45) is 0. The molecule has 0 spiro atoms. The summed E-state index contributed by atoms with van der Waals surface area (Å²) < 4.78 is 16.8. The van der Waals surface area contributed by atoms with E-state index in [9.17, 15) is 4.79 Å². The zero-order chi connectivity index (χ0) is 20.7. The summed E-state index contributed by atoms with van der Waals surface area (Å²) in [6.45, 7) is 0. The number of aromatic nitrogens is 1. The lowest BCUT2D eigenvalue weighted by atomic mass is 10.1. The summed E-state index contributed by atoms with van der Waals surface area (Å²) in [5, 5.41) is 4.20. The van der Waals surface area contributed by atoms with Gasteiger partial charge in [-0.15, -0.1) is 0 Å². The molecule has 0 radical (unpaired) electrons. The lowest BCUT2D eigenvalue weighted by Crippen LogP contribution is -2.00. The van der Waals surface area contributed by atoms with Crippen molar-refractivity contribution < 1.29 is 13.6 Å². The monoisotopic (exact) mass is 418 g/mol. The number of nitrogens with one attached hydrogen (secondary N) is 1. The zero-order valence-electron chi connectivity index (χ0n) is 15.8. The van der Waals surface area contributed by atoms with Crippen LogP contribution in [0.2, 0.25) is 5.02 Å². The minimum atomic E-state index is -0.127. The Labute approximate surface area is 175 Å². The first-order chi connectivity index (χ1) is 14.6. The maximum atomic E-state index is 12.5. The van der Waals surface area contributed by atoms with Crippen LogP contribution >= 0.6 is 11.6 Å². The molecule has 3 aromatic carbocycles. The molecule has 0 aliphatic carbocycles. The molecule has 0 bridgehead atoms. The Kier molecular flexibility index (Phi) is 4.41. The summed E-state index contributed by atoms with van der Waals surface area (Å²) in [6, 6.07) is 19.7. The van der Waals surface area contributed by atoms with Crippen molar-refractivity contribution in [1.82, 2.24) is 4.98 Å². The van der Waals surface area contributed by atoms with Crippen LogP contribution in [-0.2, 0) is 0 Å². The van der Waals surface area contributed by atoms with E-state index in [2.05, 4.69) is 10.3 Å². The first-order valence-electron chi connectivity index (χ1n) is 9.14. The Morgan fingerprint density at radius 3 is 2.53 bits per heavy atom. The predicted octanol–water partition coefficient (Wildman–Crippen LogP) is 6.01. The Balaban J connectivity index is 1.43. The summed E-state index contributed by atoms with van der Waals surface area (Å²) >= 11 is 5.99. The standard InChI is InChI=1S/C23H15ClN2O4/c1-28-16-7-9-20-17(11-16)19(27)12-22(29-20)13-2-5-15(6-3-13)25-23-26-18-10-14(24)4-8-21(18)30-23/h2-12H,1H3,(H,25,26). The number of oxazole rings is 1. The average molecular weight is 419 g/mol. The van der Waals surface area contributed by atoms with Crippen LogP contribution in [0.25, 0.3) is 33.4 Å². The Hall–Kier alpha value is -3.77. The molecule has 0 aliphatic rings. The minimum absolute atomic E-state index is 0.127. The largest absolute Gasteiger partial charge is 0.497 e. The third-order valence-electron chi connectivity index (χ3n) is 4.70. The van der Waals surface area contributed by atoms with Crippen LogP contribution < -0.4 is 15.5 Å². The number of fused-ring (bicyclic) bond motifs is 2. The van der Waals surface area contributed by atoms with Gasteiger partial charge in [-0.3, -0.25) is 4.79 Å². The lowest BCUT2D eigenvalue weighted by Gasteiger charge is -2.06. The second-order valence-electron chi connectivity index (χ2n) is 6.67. The van der Waals surface area contributed by atoms with Crippen molar-refractivity contribution in [1.29, 1.82) is 0 Å². The number of hydrogen-bond acceptors (Lipinski definition) is 6. The molecule has 148 valence electrons. The topological polar surface area (TPSA) is 77.5 Å². The van der Waals surface area contributed by atoms with Gasteiger partial charge in [0.2, 0.25) is 0 Å². The molecule has 30 heavy (non-hydrogen) atoms. The van der Waals surface area contributed by atoms with Crippen LogP contribution in [0.5, 0.6) is 5.75 Å². The van der Waals surface area contributed by atoms with Crippen molar-refractivity contribution in [2.45, 2.75) is 0 Å². The number of halogens is 1. The number of anilines is 2. The summed E-state index contributed by atoms with van der Waals surface area (Å²) in [5.74, 6) is 1.10. The lowest BCUT2D eigenvalue weighted by molar-refractivity contribution is 0.415. The Morgan fingerprint density at radius 1 is 0.933 bits per heavy atom. The molecule has 0 aliphatic heterocycles.